The summed E-state index contributed by atoms with van der Waals surface area (Å²) in [6.45, 7) is 4.02. The molecule has 22 heavy (non-hydrogen) atoms. The van der Waals surface area contributed by atoms with Crippen LogP contribution in [0.1, 0.15) is 31.4 Å². The second-order valence-corrected chi connectivity index (χ2v) is 5.23. The fourth-order valence-electron chi connectivity index (χ4n) is 2.21. The maximum absolute atomic E-state index is 11.3. The molecule has 0 spiro atoms. The highest BCUT2D eigenvalue weighted by molar-refractivity contribution is 6.35. The van der Waals surface area contributed by atoms with Crippen molar-refractivity contribution in [1.29, 1.82) is 0 Å². The van der Waals surface area contributed by atoms with Gasteiger partial charge in [0, 0.05) is 12.3 Å². The molecule has 1 amide bonds. The van der Waals surface area contributed by atoms with Crippen molar-refractivity contribution in [2.45, 2.75) is 26.8 Å². The van der Waals surface area contributed by atoms with E-state index in [9.17, 15) is 9.59 Å². The number of nitrogens with zero attached hydrogens (tertiary/aromatic N) is 2. The molecule has 0 radical (unpaired) electrons. The van der Waals surface area contributed by atoms with E-state index in [1.165, 1.54) is 7.11 Å². The normalized spacial score (nSPS) is 18.5. The van der Waals surface area contributed by atoms with Crippen LogP contribution in [-0.4, -0.2) is 30.4 Å². The Hall–Kier alpha value is -2.50. The number of rotatable bonds is 4. The summed E-state index contributed by atoms with van der Waals surface area (Å²) in [7, 11) is 1.33. The zero-order valence-corrected chi connectivity index (χ0v) is 12.9. The van der Waals surface area contributed by atoms with Crippen molar-refractivity contribution in [3.8, 4) is 0 Å². The number of aliphatic imine (C=N–C) groups is 1. The van der Waals surface area contributed by atoms with Crippen LogP contribution in [0.4, 0.5) is 0 Å². The summed E-state index contributed by atoms with van der Waals surface area (Å²) < 4.78 is 4.60. The van der Waals surface area contributed by atoms with Gasteiger partial charge in [-0.15, -0.1) is 0 Å². The minimum atomic E-state index is -0.419. The number of carbonyl (C=O) groups excluding carboxylic acids is 2. The van der Waals surface area contributed by atoms with E-state index in [0.29, 0.717) is 18.7 Å². The van der Waals surface area contributed by atoms with Gasteiger partial charge in [-0.25, -0.2) is 10.2 Å². The number of hydrogen-bond acceptors (Lipinski definition) is 5. The number of amides is 1. The number of hydrogen-bond donors (Lipinski definition) is 1. The van der Waals surface area contributed by atoms with Crippen molar-refractivity contribution >= 4 is 23.3 Å². The Labute approximate surface area is 129 Å². The van der Waals surface area contributed by atoms with Gasteiger partial charge in [0.1, 0.15) is 5.71 Å². The molecule has 6 heteroatoms. The van der Waals surface area contributed by atoms with Gasteiger partial charge in [0.2, 0.25) is 5.91 Å². The van der Waals surface area contributed by atoms with E-state index in [0.717, 1.165) is 16.8 Å². The molecule has 0 saturated heterocycles. The van der Waals surface area contributed by atoms with Crippen LogP contribution in [0.2, 0.25) is 0 Å². The number of methoxy groups -OCH3 is 1. The zero-order valence-electron chi connectivity index (χ0n) is 12.9. The Morgan fingerprint density at radius 2 is 2.09 bits per heavy atom. The molecule has 1 aliphatic heterocycles. The van der Waals surface area contributed by atoms with Gasteiger partial charge >= 0.3 is 5.97 Å². The van der Waals surface area contributed by atoms with E-state index in [4.69, 9.17) is 0 Å². The Bertz CT molecular complexity index is 633. The average Bonchev–Trinajstić information content (AvgIpc) is 2.52. The molecule has 1 aliphatic rings. The van der Waals surface area contributed by atoms with Gasteiger partial charge in [0.15, 0.2) is 0 Å². The van der Waals surface area contributed by atoms with Crippen LogP contribution < -0.4 is 5.43 Å². The van der Waals surface area contributed by atoms with E-state index >= 15 is 0 Å². The molecule has 1 unspecified atom stereocenters. The summed E-state index contributed by atoms with van der Waals surface area (Å²) in [4.78, 5) is 26.7. The predicted octanol–water partition coefficient (Wildman–Crippen LogP) is 1.68. The minimum Gasteiger partial charge on any atom is -0.465 e. The molecule has 1 N–H and O–H groups in total. The Kier molecular flexibility index (Phi) is 5.04. The SMILES string of the molecule is COC(=O)C(C)=NCc1ccc(C2=NNC(=O)CC2C)cc1. The van der Waals surface area contributed by atoms with Crippen molar-refractivity contribution in [2.24, 2.45) is 16.0 Å². The number of nitrogens with one attached hydrogen (secondary N) is 1. The van der Waals surface area contributed by atoms with Gasteiger partial charge < -0.3 is 4.74 Å². The molecule has 0 aromatic heterocycles. The summed E-state index contributed by atoms with van der Waals surface area (Å²) in [5.41, 5.74) is 5.70. The molecule has 1 atom stereocenters. The molecule has 1 aromatic rings. The maximum atomic E-state index is 11.3. The molecule has 116 valence electrons. The van der Waals surface area contributed by atoms with Gasteiger partial charge in [-0.2, -0.15) is 5.10 Å². The van der Waals surface area contributed by atoms with Gasteiger partial charge in [-0.1, -0.05) is 31.2 Å². The third-order valence-electron chi connectivity index (χ3n) is 3.49. The number of carbonyl (C=O) groups is 2. The highest BCUT2D eigenvalue weighted by Crippen LogP contribution is 2.17. The monoisotopic (exact) mass is 301 g/mol. The van der Waals surface area contributed by atoms with Crippen LogP contribution in [0.15, 0.2) is 34.4 Å². The molecule has 0 fully saturated rings. The Balaban J connectivity index is 2.08. The molecule has 1 heterocycles. The molecule has 1 aromatic carbocycles. The van der Waals surface area contributed by atoms with E-state index in [1.807, 2.05) is 31.2 Å². The highest BCUT2D eigenvalue weighted by atomic mass is 16.5. The zero-order chi connectivity index (χ0) is 16.1. The van der Waals surface area contributed by atoms with Crippen molar-refractivity contribution in [3.63, 3.8) is 0 Å². The van der Waals surface area contributed by atoms with Gasteiger partial charge in [0.25, 0.3) is 0 Å². The second-order valence-electron chi connectivity index (χ2n) is 5.23. The van der Waals surface area contributed by atoms with Crippen LogP contribution in [0.3, 0.4) is 0 Å². The van der Waals surface area contributed by atoms with E-state index in [-0.39, 0.29) is 11.8 Å². The summed E-state index contributed by atoms with van der Waals surface area (Å²) in [6.07, 6.45) is 0.448. The van der Waals surface area contributed by atoms with Crippen molar-refractivity contribution in [1.82, 2.24) is 5.43 Å². The summed E-state index contributed by atoms with van der Waals surface area (Å²) in [5, 5.41) is 4.13. The van der Waals surface area contributed by atoms with Gasteiger partial charge in [0.05, 0.1) is 19.4 Å². The lowest BCUT2D eigenvalue weighted by Crippen LogP contribution is -2.31. The molecule has 0 saturated carbocycles. The largest absolute Gasteiger partial charge is 0.465 e. The van der Waals surface area contributed by atoms with Gasteiger partial charge in [-0.05, 0) is 18.1 Å². The maximum Gasteiger partial charge on any atom is 0.351 e. The van der Waals surface area contributed by atoms with Crippen LogP contribution in [0, 0.1) is 5.92 Å². The first-order chi connectivity index (χ1) is 10.5. The third kappa shape index (κ3) is 3.78. The minimum absolute atomic E-state index is 0.0551. The molecular formula is C16H19N3O3. The van der Waals surface area contributed by atoms with Crippen molar-refractivity contribution in [2.75, 3.05) is 7.11 Å². The smallest absolute Gasteiger partial charge is 0.351 e. The molecule has 0 bridgehead atoms. The lowest BCUT2D eigenvalue weighted by Gasteiger charge is -2.19. The van der Waals surface area contributed by atoms with Gasteiger partial charge in [-0.3, -0.25) is 9.79 Å². The summed E-state index contributed by atoms with van der Waals surface area (Å²) in [6, 6.07) is 7.78. The average molecular weight is 301 g/mol. The second kappa shape index (κ2) is 6.98. The quantitative estimate of drug-likeness (QED) is 0.678. The third-order valence-corrected chi connectivity index (χ3v) is 3.49. The topological polar surface area (TPSA) is 80.1 Å². The Morgan fingerprint density at radius 3 is 2.68 bits per heavy atom. The summed E-state index contributed by atoms with van der Waals surface area (Å²) in [5.74, 6) is -0.377. The fourth-order valence-corrected chi connectivity index (χ4v) is 2.21. The van der Waals surface area contributed by atoms with E-state index in [2.05, 4.69) is 20.3 Å². The first-order valence-electron chi connectivity index (χ1n) is 7.06. The Morgan fingerprint density at radius 1 is 1.41 bits per heavy atom. The van der Waals surface area contributed by atoms with Crippen molar-refractivity contribution in [3.05, 3.63) is 35.4 Å². The number of ether oxygens (including phenoxy) is 1. The molecular weight excluding hydrogens is 282 g/mol. The molecule has 0 aliphatic carbocycles. The lowest BCUT2D eigenvalue weighted by atomic mass is 9.93. The first-order valence-corrected chi connectivity index (χ1v) is 7.06. The molecule has 6 nitrogen and oxygen atoms in total. The predicted molar refractivity (Wildman–Crippen MR) is 83.7 cm³/mol. The standard InChI is InChI=1S/C16H19N3O3/c1-10-8-14(20)18-19-15(10)13-6-4-12(5-7-13)9-17-11(2)16(21)22-3/h4-7,10H,8-9H2,1-3H3,(H,18,20). The van der Waals surface area contributed by atoms with Crippen LogP contribution in [0.25, 0.3) is 0 Å². The van der Waals surface area contributed by atoms with Crippen molar-refractivity contribution < 1.29 is 14.3 Å². The number of esters is 1. The van der Waals surface area contributed by atoms with E-state index in [1.54, 1.807) is 6.92 Å². The number of benzene rings is 1. The molecule has 2 rings (SSSR count). The summed E-state index contributed by atoms with van der Waals surface area (Å²) >= 11 is 0. The van der Waals surface area contributed by atoms with Crippen LogP contribution in [-0.2, 0) is 20.9 Å². The van der Waals surface area contributed by atoms with E-state index < -0.39 is 5.97 Å². The highest BCUT2D eigenvalue weighted by Gasteiger charge is 2.21. The van der Waals surface area contributed by atoms with Crippen LogP contribution >= 0.6 is 0 Å². The first kappa shape index (κ1) is 15.9. The fraction of sp³-hybridized carbons (Fsp3) is 0.375. The lowest BCUT2D eigenvalue weighted by molar-refractivity contribution is -0.132. The van der Waals surface area contributed by atoms with Crippen LogP contribution in [0.5, 0.6) is 0 Å². The number of hydrazone groups is 1.